The Hall–Kier alpha value is -2.10. The fourth-order valence-electron chi connectivity index (χ4n) is 2.51. The second-order valence-electron chi connectivity index (χ2n) is 5.15. The van der Waals surface area contributed by atoms with Crippen LogP contribution < -0.4 is 5.32 Å². The summed E-state index contributed by atoms with van der Waals surface area (Å²) in [6, 6.07) is 16.1. The lowest BCUT2D eigenvalue weighted by molar-refractivity contribution is 0.632. The predicted molar refractivity (Wildman–Crippen MR) is 91.9 cm³/mol. The zero-order chi connectivity index (χ0) is 15.4. The molecule has 3 rings (SSSR count). The summed E-state index contributed by atoms with van der Waals surface area (Å²) in [5, 5.41) is 4.20. The molecule has 1 aromatic heterocycles. The van der Waals surface area contributed by atoms with Crippen molar-refractivity contribution in [2.45, 2.75) is 19.6 Å². The normalized spacial score (nSPS) is 11.0. The van der Waals surface area contributed by atoms with Crippen molar-refractivity contribution in [1.82, 2.24) is 14.9 Å². The largest absolute Gasteiger partial charge is 0.323 e. The van der Waals surface area contributed by atoms with Gasteiger partial charge in [-0.1, -0.05) is 41.9 Å². The zero-order valence-electron chi connectivity index (χ0n) is 12.3. The fraction of sp³-hybridized carbons (Fsp3) is 0.167. The number of rotatable bonds is 6. The molecule has 4 heteroatoms. The van der Waals surface area contributed by atoms with Gasteiger partial charge in [-0.3, -0.25) is 0 Å². The fourth-order valence-corrected chi connectivity index (χ4v) is 2.64. The van der Waals surface area contributed by atoms with Crippen LogP contribution in [0.2, 0.25) is 5.02 Å². The van der Waals surface area contributed by atoms with E-state index in [0.29, 0.717) is 6.54 Å². The van der Waals surface area contributed by atoms with E-state index in [2.05, 4.69) is 22.5 Å². The van der Waals surface area contributed by atoms with E-state index in [1.807, 2.05) is 48.5 Å². The number of halogens is 1. The van der Waals surface area contributed by atoms with Crippen LogP contribution in [0.25, 0.3) is 11.0 Å². The van der Waals surface area contributed by atoms with Crippen molar-refractivity contribution < 1.29 is 0 Å². The second-order valence-corrected chi connectivity index (χ2v) is 5.58. The minimum absolute atomic E-state index is 0.713. The van der Waals surface area contributed by atoms with Gasteiger partial charge < -0.3 is 9.88 Å². The summed E-state index contributed by atoms with van der Waals surface area (Å²) in [6.45, 7) is 6.10. The molecule has 0 aliphatic rings. The SMILES string of the molecule is C=CCn1c(CNCc2ccc(Cl)cc2)nc2ccccc21. The van der Waals surface area contributed by atoms with Crippen LogP contribution in [0.5, 0.6) is 0 Å². The maximum absolute atomic E-state index is 5.90. The third kappa shape index (κ3) is 3.21. The Morgan fingerprint density at radius 1 is 1.09 bits per heavy atom. The minimum atomic E-state index is 0.713. The second kappa shape index (κ2) is 6.77. The molecule has 0 unspecified atom stereocenters. The van der Waals surface area contributed by atoms with Crippen molar-refractivity contribution in [2.24, 2.45) is 0 Å². The van der Waals surface area contributed by atoms with E-state index in [9.17, 15) is 0 Å². The van der Waals surface area contributed by atoms with Gasteiger partial charge in [0.25, 0.3) is 0 Å². The number of nitrogens with zero attached hydrogens (tertiary/aromatic N) is 2. The number of allylic oxidation sites excluding steroid dienone is 1. The van der Waals surface area contributed by atoms with E-state index in [0.717, 1.165) is 35.0 Å². The van der Waals surface area contributed by atoms with Gasteiger partial charge in [0, 0.05) is 18.1 Å². The first-order valence-electron chi connectivity index (χ1n) is 7.28. The summed E-state index contributed by atoms with van der Waals surface area (Å²) < 4.78 is 2.19. The lowest BCUT2D eigenvalue weighted by Crippen LogP contribution is -2.16. The molecule has 3 nitrogen and oxygen atoms in total. The van der Waals surface area contributed by atoms with Crippen LogP contribution in [0, 0.1) is 0 Å². The topological polar surface area (TPSA) is 29.9 Å². The third-order valence-electron chi connectivity index (χ3n) is 3.57. The molecule has 22 heavy (non-hydrogen) atoms. The van der Waals surface area contributed by atoms with Gasteiger partial charge in [-0.05, 0) is 29.8 Å². The highest BCUT2D eigenvalue weighted by molar-refractivity contribution is 6.30. The van der Waals surface area contributed by atoms with Gasteiger partial charge in [-0.2, -0.15) is 0 Å². The van der Waals surface area contributed by atoms with Crippen LogP contribution in [0.1, 0.15) is 11.4 Å². The number of aromatic nitrogens is 2. The lowest BCUT2D eigenvalue weighted by atomic mass is 10.2. The number of hydrogen-bond acceptors (Lipinski definition) is 2. The third-order valence-corrected chi connectivity index (χ3v) is 3.82. The number of imidazole rings is 1. The van der Waals surface area contributed by atoms with E-state index in [4.69, 9.17) is 16.6 Å². The van der Waals surface area contributed by atoms with Crippen molar-refractivity contribution in [2.75, 3.05) is 0 Å². The monoisotopic (exact) mass is 311 g/mol. The molecule has 1 heterocycles. The Kier molecular flexibility index (Phi) is 4.56. The van der Waals surface area contributed by atoms with Crippen molar-refractivity contribution in [3.05, 3.63) is 77.6 Å². The molecule has 2 aromatic carbocycles. The number of fused-ring (bicyclic) bond motifs is 1. The van der Waals surface area contributed by atoms with Crippen LogP contribution >= 0.6 is 11.6 Å². The Morgan fingerprint density at radius 2 is 1.86 bits per heavy atom. The molecule has 0 radical (unpaired) electrons. The van der Waals surface area contributed by atoms with Crippen molar-refractivity contribution >= 4 is 22.6 Å². The Bertz CT molecular complexity index is 775. The summed E-state index contributed by atoms with van der Waals surface area (Å²) in [4.78, 5) is 4.71. The summed E-state index contributed by atoms with van der Waals surface area (Å²) in [5.41, 5.74) is 3.37. The van der Waals surface area contributed by atoms with Crippen LogP contribution in [0.15, 0.2) is 61.2 Å². The molecule has 0 bridgehead atoms. The summed E-state index contributed by atoms with van der Waals surface area (Å²) in [7, 11) is 0. The number of nitrogens with one attached hydrogen (secondary N) is 1. The van der Waals surface area contributed by atoms with Gasteiger partial charge in [-0.15, -0.1) is 6.58 Å². The highest BCUT2D eigenvalue weighted by Crippen LogP contribution is 2.16. The maximum Gasteiger partial charge on any atom is 0.124 e. The van der Waals surface area contributed by atoms with E-state index in [1.165, 1.54) is 5.56 Å². The predicted octanol–water partition coefficient (Wildman–Crippen LogP) is 4.17. The molecular weight excluding hydrogens is 294 g/mol. The molecule has 0 saturated carbocycles. The maximum atomic E-state index is 5.90. The summed E-state index contributed by atoms with van der Waals surface area (Å²) >= 11 is 5.90. The van der Waals surface area contributed by atoms with Gasteiger partial charge in [0.2, 0.25) is 0 Å². The molecule has 0 aliphatic carbocycles. The molecule has 0 atom stereocenters. The number of benzene rings is 2. The van der Waals surface area contributed by atoms with Crippen LogP contribution in [0.4, 0.5) is 0 Å². The first-order valence-corrected chi connectivity index (χ1v) is 7.66. The van der Waals surface area contributed by atoms with Gasteiger partial charge in [0.1, 0.15) is 5.82 Å². The Labute approximate surface area is 135 Å². The Morgan fingerprint density at radius 3 is 2.64 bits per heavy atom. The first kappa shape index (κ1) is 14.8. The Balaban J connectivity index is 1.74. The van der Waals surface area contributed by atoms with Crippen LogP contribution in [-0.4, -0.2) is 9.55 Å². The molecule has 112 valence electrons. The molecule has 1 N–H and O–H groups in total. The van der Waals surface area contributed by atoms with Gasteiger partial charge in [-0.25, -0.2) is 4.98 Å². The molecule has 0 aliphatic heterocycles. The van der Waals surface area contributed by atoms with E-state index in [1.54, 1.807) is 0 Å². The number of hydrogen-bond donors (Lipinski definition) is 1. The first-order chi connectivity index (χ1) is 10.8. The van der Waals surface area contributed by atoms with E-state index >= 15 is 0 Å². The van der Waals surface area contributed by atoms with E-state index in [-0.39, 0.29) is 0 Å². The van der Waals surface area contributed by atoms with Crippen molar-refractivity contribution in [1.29, 1.82) is 0 Å². The highest BCUT2D eigenvalue weighted by Gasteiger charge is 2.08. The minimum Gasteiger partial charge on any atom is -0.323 e. The zero-order valence-corrected chi connectivity index (χ0v) is 13.1. The van der Waals surface area contributed by atoms with Gasteiger partial charge in [0.05, 0.1) is 17.6 Å². The summed E-state index contributed by atoms with van der Waals surface area (Å²) in [5.74, 6) is 1.02. The van der Waals surface area contributed by atoms with Crippen molar-refractivity contribution in [3.8, 4) is 0 Å². The van der Waals surface area contributed by atoms with Crippen molar-refractivity contribution in [3.63, 3.8) is 0 Å². The molecule has 0 saturated heterocycles. The van der Waals surface area contributed by atoms with Gasteiger partial charge in [0.15, 0.2) is 0 Å². The van der Waals surface area contributed by atoms with E-state index < -0.39 is 0 Å². The standard InChI is InChI=1S/C18H18ClN3/c1-2-11-22-17-6-4-3-5-16(17)21-18(22)13-20-12-14-7-9-15(19)10-8-14/h2-10,20H,1,11-13H2. The molecule has 0 spiro atoms. The average Bonchev–Trinajstić information content (AvgIpc) is 2.88. The quantitative estimate of drug-likeness (QED) is 0.693. The average molecular weight is 312 g/mol. The molecular formula is C18H18ClN3. The summed E-state index contributed by atoms with van der Waals surface area (Å²) in [6.07, 6.45) is 1.90. The highest BCUT2D eigenvalue weighted by atomic mass is 35.5. The van der Waals surface area contributed by atoms with Crippen LogP contribution in [0.3, 0.4) is 0 Å². The number of para-hydroxylation sites is 2. The molecule has 0 amide bonds. The lowest BCUT2D eigenvalue weighted by Gasteiger charge is -2.08. The smallest absolute Gasteiger partial charge is 0.124 e. The van der Waals surface area contributed by atoms with Gasteiger partial charge >= 0.3 is 0 Å². The molecule has 0 fully saturated rings. The molecule has 3 aromatic rings. The van der Waals surface area contributed by atoms with Crippen LogP contribution in [-0.2, 0) is 19.6 Å².